The summed E-state index contributed by atoms with van der Waals surface area (Å²) in [7, 11) is 7.58. The largest absolute Gasteiger partial charge is 0.494 e. The molecule has 0 amide bonds. The minimum Gasteiger partial charge on any atom is -0.494 e. The molecule has 2 rings (SSSR count). The molecule has 0 saturated carbocycles. The molecule has 0 bridgehead atoms. The van der Waals surface area contributed by atoms with Crippen molar-refractivity contribution in [2.75, 3.05) is 54.6 Å². The van der Waals surface area contributed by atoms with Crippen LogP contribution in [0.15, 0.2) is 47.5 Å². The molecular weight excluding hydrogens is 404 g/mol. The Morgan fingerprint density at radius 2 is 1.69 bits per heavy atom. The van der Waals surface area contributed by atoms with Crippen LogP contribution in [-0.2, 0) is 17.8 Å². The number of aryl methyl sites for hydroxylation is 1. The molecule has 0 unspecified atom stereocenters. The normalized spacial score (nSPS) is 11.5. The molecule has 0 aromatic heterocycles. The van der Waals surface area contributed by atoms with Gasteiger partial charge in [-0.3, -0.25) is 4.99 Å². The number of rotatable bonds is 13. The van der Waals surface area contributed by atoms with Crippen molar-refractivity contribution < 1.29 is 14.2 Å². The number of methoxy groups -OCH3 is 1. The van der Waals surface area contributed by atoms with Gasteiger partial charge < -0.3 is 29.7 Å². The predicted molar refractivity (Wildman–Crippen MR) is 131 cm³/mol. The molecule has 2 aromatic carbocycles. The van der Waals surface area contributed by atoms with Crippen molar-refractivity contribution in [1.29, 1.82) is 0 Å². The van der Waals surface area contributed by atoms with Crippen molar-refractivity contribution >= 4 is 5.96 Å². The van der Waals surface area contributed by atoms with E-state index in [0.717, 1.165) is 53.7 Å². The van der Waals surface area contributed by atoms with Crippen LogP contribution < -0.4 is 20.1 Å². The summed E-state index contributed by atoms with van der Waals surface area (Å²) in [6.45, 7) is 6.17. The molecule has 0 saturated heterocycles. The third-order valence-electron chi connectivity index (χ3n) is 4.84. The molecule has 0 aliphatic carbocycles. The second-order valence-corrected chi connectivity index (χ2v) is 7.88. The second kappa shape index (κ2) is 14.3. The number of benzene rings is 2. The first-order chi connectivity index (χ1) is 15.5. The zero-order valence-corrected chi connectivity index (χ0v) is 20.1. The van der Waals surface area contributed by atoms with Crippen LogP contribution in [-0.4, -0.2) is 65.5 Å². The second-order valence-electron chi connectivity index (χ2n) is 7.88. The van der Waals surface area contributed by atoms with Gasteiger partial charge in [-0.05, 0) is 56.8 Å². The third-order valence-corrected chi connectivity index (χ3v) is 4.84. The van der Waals surface area contributed by atoms with E-state index in [0.29, 0.717) is 26.3 Å². The van der Waals surface area contributed by atoms with Crippen LogP contribution in [0.5, 0.6) is 11.5 Å². The Balaban J connectivity index is 1.81. The summed E-state index contributed by atoms with van der Waals surface area (Å²) in [5, 5.41) is 6.72. The zero-order valence-electron chi connectivity index (χ0n) is 20.1. The Labute approximate surface area is 192 Å². The summed E-state index contributed by atoms with van der Waals surface area (Å²) in [6.07, 6.45) is 1.01. The van der Waals surface area contributed by atoms with Crippen LogP contribution in [0.1, 0.15) is 23.1 Å². The molecule has 0 fully saturated rings. The van der Waals surface area contributed by atoms with Gasteiger partial charge in [0.1, 0.15) is 18.1 Å². The number of guanidine groups is 1. The summed E-state index contributed by atoms with van der Waals surface area (Å²) < 4.78 is 16.8. The molecule has 2 aromatic rings. The first kappa shape index (κ1) is 25.5. The topological polar surface area (TPSA) is 67.4 Å². The Morgan fingerprint density at radius 1 is 0.938 bits per heavy atom. The van der Waals surface area contributed by atoms with Crippen LogP contribution in [0.25, 0.3) is 0 Å². The lowest BCUT2D eigenvalue weighted by Crippen LogP contribution is -2.36. The minimum absolute atomic E-state index is 0.523. The van der Waals surface area contributed by atoms with Gasteiger partial charge in [-0.2, -0.15) is 0 Å². The van der Waals surface area contributed by atoms with E-state index in [2.05, 4.69) is 65.8 Å². The summed E-state index contributed by atoms with van der Waals surface area (Å²) >= 11 is 0. The third kappa shape index (κ3) is 9.58. The molecule has 0 aliphatic rings. The van der Waals surface area contributed by atoms with Crippen LogP contribution >= 0.6 is 0 Å². The monoisotopic (exact) mass is 442 g/mol. The maximum atomic E-state index is 5.87. The quantitative estimate of drug-likeness (QED) is 0.282. The molecule has 0 aliphatic heterocycles. The molecule has 176 valence electrons. The molecule has 32 heavy (non-hydrogen) atoms. The summed E-state index contributed by atoms with van der Waals surface area (Å²) in [5.74, 6) is 2.50. The Kier molecular flexibility index (Phi) is 11.4. The average molecular weight is 443 g/mol. The highest BCUT2D eigenvalue weighted by Crippen LogP contribution is 2.20. The van der Waals surface area contributed by atoms with E-state index in [1.54, 1.807) is 14.2 Å². The van der Waals surface area contributed by atoms with E-state index in [1.165, 1.54) is 0 Å². The first-order valence-corrected chi connectivity index (χ1v) is 11.0. The smallest absolute Gasteiger partial charge is 0.191 e. The summed E-state index contributed by atoms with van der Waals surface area (Å²) in [4.78, 5) is 6.49. The number of nitrogens with one attached hydrogen (secondary N) is 2. The molecular formula is C25H38N4O3. The van der Waals surface area contributed by atoms with Crippen LogP contribution in [0.2, 0.25) is 0 Å². The number of hydrogen-bond acceptors (Lipinski definition) is 5. The number of nitrogens with zero attached hydrogens (tertiary/aromatic N) is 2. The standard InChI is InChI=1S/C25H38N4O3/c1-20-7-10-22(24(17-20)32-16-15-30-5)19-28-25(26-2)27-18-21-8-11-23(12-9-21)31-14-6-13-29(3)4/h7-12,17H,6,13-16,18-19H2,1-5H3,(H2,26,27,28). The first-order valence-electron chi connectivity index (χ1n) is 11.0. The number of hydrogen-bond donors (Lipinski definition) is 2. The fourth-order valence-corrected chi connectivity index (χ4v) is 3.04. The highest BCUT2D eigenvalue weighted by molar-refractivity contribution is 5.79. The minimum atomic E-state index is 0.523. The molecule has 0 spiro atoms. The van der Waals surface area contributed by atoms with Gasteiger partial charge in [0.2, 0.25) is 0 Å². The molecule has 7 heteroatoms. The van der Waals surface area contributed by atoms with Crippen molar-refractivity contribution in [1.82, 2.24) is 15.5 Å². The lowest BCUT2D eigenvalue weighted by Gasteiger charge is -2.15. The van der Waals surface area contributed by atoms with Crippen molar-refractivity contribution in [2.24, 2.45) is 4.99 Å². The van der Waals surface area contributed by atoms with Gasteiger partial charge in [0, 0.05) is 39.4 Å². The Bertz CT molecular complexity index is 822. The molecule has 0 heterocycles. The summed E-state index contributed by atoms with van der Waals surface area (Å²) in [5.41, 5.74) is 3.40. The van der Waals surface area contributed by atoms with Gasteiger partial charge in [-0.25, -0.2) is 0 Å². The van der Waals surface area contributed by atoms with Crippen LogP contribution in [0.3, 0.4) is 0 Å². The van der Waals surface area contributed by atoms with E-state index >= 15 is 0 Å². The van der Waals surface area contributed by atoms with E-state index in [-0.39, 0.29) is 0 Å². The lowest BCUT2D eigenvalue weighted by atomic mass is 10.1. The maximum absolute atomic E-state index is 5.87. The van der Waals surface area contributed by atoms with Crippen molar-refractivity contribution in [3.8, 4) is 11.5 Å². The summed E-state index contributed by atoms with van der Waals surface area (Å²) in [6, 6.07) is 14.4. The Hall–Kier alpha value is -2.77. The Morgan fingerprint density at radius 3 is 2.38 bits per heavy atom. The van der Waals surface area contributed by atoms with Crippen molar-refractivity contribution in [3.05, 3.63) is 59.2 Å². The molecule has 0 radical (unpaired) electrons. The highest BCUT2D eigenvalue weighted by Gasteiger charge is 2.06. The predicted octanol–water partition coefficient (Wildman–Crippen LogP) is 3.22. The van der Waals surface area contributed by atoms with Crippen molar-refractivity contribution in [2.45, 2.75) is 26.4 Å². The SMILES string of the molecule is CN=C(NCc1ccc(OCCCN(C)C)cc1)NCc1ccc(C)cc1OCCOC. The van der Waals surface area contributed by atoms with Gasteiger partial charge in [0.05, 0.1) is 13.2 Å². The fourth-order valence-electron chi connectivity index (χ4n) is 3.04. The fraction of sp³-hybridized carbons (Fsp3) is 0.480. The molecule has 0 atom stereocenters. The maximum Gasteiger partial charge on any atom is 0.191 e. The van der Waals surface area contributed by atoms with Gasteiger partial charge in [-0.15, -0.1) is 0 Å². The van der Waals surface area contributed by atoms with E-state index in [1.807, 2.05) is 18.2 Å². The van der Waals surface area contributed by atoms with Gasteiger partial charge in [0.25, 0.3) is 0 Å². The number of ether oxygens (including phenoxy) is 3. The van der Waals surface area contributed by atoms with E-state index < -0.39 is 0 Å². The van der Waals surface area contributed by atoms with Crippen LogP contribution in [0.4, 0.5) is 0 Å². The van der Waals surface area contributed by atoms with Gasteiger partial charge in [0.15, 0.2) is 5.96 Å². The average Bonchev–Trinajstić information content (AvgIpc) is 2.79. The lowest BCUT2D eigenvalue weighted by molar-refractivity contribution is 0.145. The van der Waals surface area contributed by atoms with Gasteiger partial charge >= 0.3 is 0 Å². The highest BCUT2D eigenvalue weighted by atomic mass is 16.5. The molecule has 2 N–H and O–H groups in total. The number of aliphatic imine (C=N–C) groups is 1. The van der Waals surface area contributed by atoms with Gasteiger partial charge in [-0.1, -0.05) is 24.3 Å². The van der Waals surface area contributed by atoms with Crippen LogP contribution in [0, 0.1) is 6.92 Å². The van der Waals surface area contributed by atoms with E-state index in [4.69, 9.17) is 14.2 Å². The zero-order chi connectivity index (χ0) is 23.2. The van der Waals surface area contributed by atoms with E-state index in [9.17, 15) is 0 Å². The van der Waals surface area contributed by atoms with Crippen molar-refractivity contribution in [3.63, 3.8) is 0 Å². The molecule has 7 nitrogen and oxygen atoms in total.